The Morgan fingerprint density at radius 3 is 2.56 bits per heavy atom. The summed E-state index contributed by atoms with van der Waals surface area (Å²) in [7, 11) is 0. The predicted octanol–water partition coefficient (Wildman–Crippen LogP) is 3.26. The van der Waals surface area contributed by atoms with Gasteiger partial charge in [0, 0.05) is 18.7 Å². The van der Waals surface area contributed by atoms with Crippen molar-refractivity contribution >= 4 is 11.9 Å². The van der Waals surface area contributed by atoms with Gasteiger partial charge in [-0.3, -0.25) is 4.79 Å². The van der Waals surface area contributed by atoms with Gasteiger partial charge in [0.1, 0.15) is 0 Å². The molecule has 25 heavy (non-hydrogen) atoms. The van der Waals surface area contributed by atoms with E-state index < -0.39 is 5.97 Å². The number of rotatable bonds is 8. The molecule has 0 fully saturated rings. The predicted molar refractivity (Wildman–Crippen MR) is 95.6 cm³/mol. The van der Waals surface area contributed by atoms with Crippen molar-refractivity contribution in [3.63, 3.8) is 0 Å². The SMILES string of the molecule is CCC(CC)C(C)C(=O)NCc1cccc(-n2ccc(C(=O)O)n2)c1. The summed E-state index contributed by atoms with van der Waals surface area (Å²) in [6.07, 6.45) is 3.59. The van der Waals surface area contributed by atoms with Gasteiger partial charge in [-0.15, -0.1) is 0 Å². The summed E-state index contributed by atoms with van der Waals surface area (Å²) < 4.78 is 1.52. The first-order valence-electron chi connectivity index (χ1n) is 8.62. The Morgan fingerprint density at radius 1 is 1.24 bits per heavy atom. The van der Waals surface area contributed by atoms with E-state index in [0.717, 1.165) is 24.1 Å². The highest BCUT2D eigenvalue weighted by Crippen LogP contribution is 2.19. The van der Waals surface area contributed by atoms with Gasteiger partial charge in [-0.1, -0.05) is 45.7 Å². The number of carbonyl (C=O) groups is 2. The number of aromatic carboxylic acids is 1. The minimum Gasteiger partial charge on any atom is -0.476 e. The highest BCUT2D eigenvalue weighted by atomic mass is 16.4. The van der Waals surface area contributed by atoms with E-state index in [9.17, 15) is 9.59 Å². The van der Waals surface area contributed by atoms with Crippen LogP contribution in [-0.2, 0) is 11.3 Å². The Kier molecular flexibility index (Phi) is 6.33. The molecule has 0 aliphatic carbocycles. The van der Waals surface area contributed by atoms with Gasteiger partial charge in [-0.05, 0) is 29.7 Å². The van der Waals surface area contributed by atoms with Crippen molar-refractivity contribution in [3.05, 3.63) is 47.8 Å². The summed E-state index contributed by atoms with van der Waals surface area (Å²) in [5.41, 5.74) is 1.69. The molecule has 2 aromatic rings. The van der Waals surface area contributed by atoms with Gasteiger partial charge < -0.3 is 10.4 Å². The van der Waals surface area contributed by atoms with Crippen LogP contribution in [-0.4, -0.2) is 26.8 Å². The van der Waals surface area contributed by atoms with Gasteiger partial charge in [-0.25, -0.2) is 9.48 Å². The van der Waals surface area contributed by atoms with Gasteiger partial charge in [0.2, 0.25) is 5.91 Å². The molecule has 0 aliphatic rings. The average molecular weight is 343 g/mol. The molecule has 1 heterocycles. The highest BCUT2D eigenvalue weighted by molar-refractivity contribution is 5.85. The molecule has 2 N–H and O–H groups in total. The van der Waals surface area contributed by atoms with Crippen LogP contribution < -0.4 is 5.32 Å². The Balaban J connectivity index is 2.04. The van der Waals surface area contributed by atoms with E-state index in [2.05, 4.69) is 24.3 Å². The van der Waals surface area contributed by atoms with E-state index in [-0.39, 0.29) is 17.5 Å². The minimum atomic E-state index is -1.06. The van der Waals surface area contributed by atoms with Crippen molar-refractivity contribution in [2.45, 2.75) is 40.2 Å². The standard InChI is InChI=1S/C19H25N3O3/c1-4-15(5-2)13(3)18(23)20-12-14-7-6-8-16(11-14)22-10-9-17(21-22)19(24)25/h6-11,13,15H,4-5,12H2,1-3H3,(H,20,23)(H,24,25). The Morgan fingerprint density at radius 2 is 1.96 bits per heavy atom. The summed E-state index contributed by atoms with van der Waals surface area (Å²) in [5, 5.41) is 16.0. The number of nitrogens with one attached hydrogen (secondary N) is 1. The number of carbonyl (C=O) groups excluding carboxylic acids is 1. The van der Waals surface area contributed by atoms with Gasteiger partial charge in [0.25, 0.3) is 0 Å². The molecule has 0 saturated heterocycles. The van der Waals surface area contributed by atoms with Gasteiger partial charge in [0.05, 0.1) is 5.69 Å². The molecule has 1 atom stereocenters. The lowest BCUT2D eigenvalue weighted by Gasteiger charge is -2.20. The molecule has 0 radical (unpaired) electrons. The molecule has 0 bridgehead atoms. The lowest BCUT2D eigenvalue weighted by atomic mass is 9.88. The number of carboxylic acids is 1. The zero-order chi connectivity index (χ0) is 18.4. The molecule has 6 nitrogen and oxygen atoms in total. The quantitative estimate of drug-likeness (QED) is 0.770. The first-order valence-corrected chi connectivity index (χ1v) is 8.62. The van der Waals surface area contributed by atoms with Crippen molar-refractivity contribution < 1.29 is 14.7 Å². The number of aromatic nitrogens is 2. The first-order chi connectivity index (χ1) is 12.0. The lowest BCUT2D eigenvalue weighted by molar-refractivity contribution is -0.126. The van der Waals surface area contributed by atoms with Crippen molar-refractivity contribution in [3.8, 4) is 5.69 Å². The zero-order valence-electron chi connectivity index (χ0n) is 14.9. The van der Waals surface area contributed by atoms with Gasteiger partial charge in [0.15, 0.2) is 5.69 Å². The molecular weight excluding hydrogens is 318 g/mol. The van der Waals surface area contributed by atoms with Crippen LogP contribution >= 0.6 is 0 Å². The fourth-order valence-electron chi connectivity index (χ4n) is 2.95. The maximum absolute atomic E-state index is 12.3. The fourth-order valence-corrected chi connectivity index (χ4v) is 2.95. The lowest BCUT2D eigenvalue weighted by Crippen LogP contribution is -2.32. The first kappa shape index (κ1) is 18.7. The van der Waals surface area contributed by atoms with Crippen LogP contribution in [0.25, 0.3) is 5.69 Å². The smallest absolute Gasteiger partial charge is 0.356 e. The van der Waals surface area contributed by atoms with Crippen LogP contribution in [0.3, 0.4) is 0 Å². The maximum atomic E-state index is 12.3. The summed E-state index contributed by atoms with van der Waals surface area (Å²) in [6.45, 7) is 6.62. The highest BCUT2D eigenvalue weighted by Gasteiger charge is 2.20. The molecular formula is C19H25N3O3. The van der Waals surface area contributed by atoms with E-state index in [1.165, 1.54) is 10.7 Å². The molecule has 6 heteroatoms. The third-order valence-corrected chi connectivity index (χ3v) is 4.62. The second kappa shape index (κ2) is 8.46. The van der Waals surface area contributed by atoms with Crippen LogP contribution in [0, 0.1) is 11.8 Å². The molecule has 0 saturated carbocycles. The molecule has 2 rings (SSSR count). The third-order valence-electron chi connectivity index (χ3n) is 4.62. The number of nitrogens with zero attached hydrogens (tertiary/aromatic N) is 2. The Labute approximate surface area is 147 Å². The Hall–Kier alpha value is -2.63. The monoisotopic (exact) mass is 343 g/mol. The number of amides is 1. The van der Waals surface area contributed by atoms with E-state index in [0.29, 0.717) is 12.5 Å². The van der Waals surface area contributed by atoms with E-state index in [4.69, 9.17) is 5.11 Å². The number of carboxylic acid groups (broad SMARTS) is 1. The number of benzene rings is 1. The molecule has 0 spiro atoms. The van der Waals surface area contributed by atoms with Crippen molar-refractivity contribution in [2.24, 2.45) is 11.8 Å². The summed E-state index contributed by atoms with van der Waals surface area (Å²) in [4.78, 5) is 23.2. The van der Waals surface area contributed by atoms with E-state index in [1.54, 1.807) is 6.20 Å². The third kappa shape index (κ3) is 4.68. The van der Waals surface area contributed by atoms with E-state index >= 15 is 0 Å². The average Bonchev–Trinajstić information content (AvgIpc) is 3.11. The second-order valence-electron chi connectivity index (χ2n) is 6.20. The van der Waals surface area contributed by atoms with Gasteiger partial charge in [-0.2, -0.15) is 5.10 Å². The second-order valence-corrected chi connectivity index (χ2v) is 6.20. The fraction of sp³-hybridized carbons (Fsp3) is 0.421. The van der Waals surface area contributed by atoms with Crippen molar-refractivity contribution in [1.82, 2.24) is 15.1 Å². The topological polar surface area (TPSA) is 84.2 Å². The van der Waals surface area contributed by atoms with Crippen molar-refractivity contribution in [1.29, 1.82) is 0 Å². The van der Waals surface area contributed by atoms with Crippen LogP contribution in [0.15, 0.2) is 36.5 Å². The Bertz CT molecular complexity index is 735. The van der Waals surface area contributed by atoms with Crippen LogP contribution in [0.4, 0.5) is 0 Å². The molecule has 1 aromatic carbocycles. The van der Waals surface area contributed by atoms with Gasteiger partial charge >= 0.3 is 5.97 Å². The maximum Gasteiger partial charge on any atom is 0.356 e. The summed E-state index contributed by atoms with van der Waals surface area (Å²) >= 11 is 0. The molecule has 134 valence electrons. The van der Waals surface area contributed by atoms with Crippen LogP contribution in [0.2, 0.25) is 0 Å². The molecule has 0 aliphatic heterocycles. The van der Waals surface area contributed by atoms with E-state index in [1.807, 2.05) is 31.2 Å². The minimum absolute atomic E-state index is 0.00213. The summed E-state index contributed by atoms with van der Waals surface area (Å²) in [6, 6.07) is 8.97. The molecule has 1 amide bonds. The molecule has 1 unspecified atom stereocenters. The largest absolute Gasteiger partial charge is 0.476 e. The normalized spacial score (nSPS) is 12.2. The summed E-state index contributed by atoms with van der Waals surface area (Å²) in [5.74, 6) is -0.615. The van der Waals surface area contributed by atoms with Crippen LogP contribution in [0.1, 0.15) is 49.7 Å². The zero-order valence-corrected chi connectivity index (χ0v) is 14.9. The van der Waals surface area contributed by atoms with Crippen molar-refractivity contribution in [2.75, 3.05) is 0 Å². The number of hydrogen-bond acceptors (Lipinski definition) is 3. The van der Waals surface area contributed by atoms with Crippen LogP contribution in [0.5, 0.6) is 0 Å². The number of hydrogen-bond donors (Lipinski definition) is 2. The molecule has 1 aromatic heterocycles.